The minimum atomic E-state index is -0.0726. The maximum atomic E-state index is 11.7. The lowest BCUT2D eigenvalue weighted by Crippen LogP contribution is -2.44. The van der Waals surface area contributed by atoms with Crippen molar-refractivity contribution in [3.05, 3.63) is 29.8 Å². The van der Waals surface area contributed by atoms with Gasteiger partial charge in [-0.25, -0.2) is 4.99 Å². The number of nitrogens with one attached hydrogen (secondary N) is 2. The first-order valence-electron chi connectivity index (χ1n) is 11.0. The second-order valence-electron chi connectivity index (χ2n) is 8.31. The Kier molecular flexibility index (Phi) is 9.94. The molecule has 0 aliphatic heterocycles. The Balaban J connectivity index is 1.96. The summed E-state index contributed by atoms with van der Waals surface area (Å²) in [4.78, 5) is 17.9. The molecule has 3 N–H and O–H groups in total. The first-order valence-corrected chi connectivity index (χ1v) is 11.0. The van der Waals surface area contributed by atoms with Crippen LogP contribution < -0.4 is 15.4 Å². The van der Waals surface area contributed by atoms with Crippen LogP contribution in [0.3, 0.4) is 0 Å². The molecule has 1 aliphatic rings. The molecule has 2 rings (SSSR count). The normalized spacial score (nSPS) is 16.1. The predicted octanol–water partition coefficient (Wildman–Crippen LogP) is 2.54. The van der Waals surface area contributed by atoms with Crippen molar-refractivity contribution in [3.8, 4) is 5.75 Å². The molecule has 0 unspecified atom stereocenters. The number of carbonyl (C=O) groups is 1. The molecule has 168 valence electrons. The molecule has 1 saturated carbocycles. The minimum Gasteiger partial charge on any atom is -0.484 e. The van der Waals surface area contributed by atoms with Crippen LogP contribution in [-0.2, 0) is 11.3 Å². The first-order chi connectivity index (χ1) is 14.5. The molecular formula is C23H38N4O3. The Bertz CT molecular complexity index is 679. The monoisotopic (exact) mass is 418 g/mol. The molecule has 0 saturated heterocycles. The van der Waals surface area contributed by atoms with Gasteiger partial charge >= 0.3 is 0 Å². The molecule has 7 nitrogen and oxygen atoms in total. The SMILES string of the molecule is CCNC(=NCc1cccc(OCC(=O)N(C)C)c1)NCC1(CCO)CCCCC1. The summed E-state index contributed by atoms with van der Waals surface area (Å²) in [6, 6.07) is 7.69. The van der Waals surface area contributed by atoms with E-state index in [1.807, 2.05) is 24.3 Å². The predicted molar refractivity (Wildman–Crippen MR) is 121 cm³/mol. The van der Waals surface area contributed by atoms with Crippen molar-refractivity contribution in [1.29, 1.82) is 0 Å². The highest BCUT2D eigenvalue weighted by Gasteiger charge is 2.31. The Hall–Kier alpha value is -2.28. The highest BCUT2D eigenvalue weighted by atomic mass is 16.5. The summed E-state index contributed by atoms with van der Waals surface area (Å²) >= 11 is 0. The largest absolute Gasteiger partial charge is 0.484 e. The van der Waals surface area contributed by atoms with Gasteiger partial charge in [-0.15, -0.1) is 0 Å². The molecule has 0 radical (unpaired) electrons. The number of rotatable bonds is 10. The quantitative estimate of drug-likeness (QED) is 0.402. The number of aliphatic imine (C=N–C) groups is 1. The average molecular weight is 419 g/mol. The van der Waals surface area contributed by atoms with Crippen LogP contribution in [0.1, 0.15) is 51.0 Å². The van der Waals surface area contributed by atoms with Gasteiger partial charge < -0.3 is 25.4 Å². The number of carbonyl (C=O) groups excluding carboxylic acids is 1. The van der Waals surface area contributed by atoms with Crippen LogP contribution in [-0.4, -0.2) is 62.3 Å². The number of benzene rings is 1. The van der Waals surface area contributed by atoms with Gasteiger partial charge in [0.2, 0.25) is 0 Å². The van der Waals surface area contributed by atoms with E-state index in [9.17, 15) is 9.90 Å². The summed E-state index contributed by atoms with van der Waals surface area (Å²) in [6.07, 6.45) is 6.91. The maximum absolute atomic E-state index is 11.7. The topological polar surface area (TPSA) is 86.2 Å². The van der Waals surface area contributed by atoms with Crippen molar-refractivity contribution < 1.29 is 14.6 Å². The molecule has 1 aliphatic carbocycles. The van der Waals surface area contributed by atoms with Gasteiger partial charge in [0.25, 0.3) is 5.91 Å². The van der Waals surface area contributed by atoms with Gasteiger partial charge in [0.05, 0.1) is 6.54 Å². The molecule has 1 aromatic carbocycles. The smallest absolute Gasteiger partial charge is 0.259 e. The fraction of sp³-hybridized carbons (Fsp3) is 0.652. The van der Waals surface area contributed by atoms with Crippen LogP contribution in [0.15, 0.2) is 29.3 Å². The molecule has 1 amide bonds. The third-order valence-electron chi connectivity index (χ3n) is 5.71. The first kappa shape index (κ1) is 24.0. The summed E-state index contributed by atoms with van der Waals surface area (Å²) in [6.45, 7) is 4.44. The molecule has 0 heterocycles. The second-order valence-corrected chi connectivity index (χ2v) is 8.31. The van der Waals surface area contributed by atoms with Crippen LogP contribution in [0.25, 0.3) is 0 Å². The third kappa shape index (κ3) is 7.86. The Morgan fingerprint density at radius 3 is 2.67 bits per heavy atom. The summed E-state index contributed by atoms with van der Waals surface area (Å²) in [5.41, 5.74) is 1.18. The van der Waals surface area contributed by atoms with E-state index in [0.29, 0.717) is 12.3 Å². The summed E-state index contributed by atoms with van der Waals surface area (Å²) in [5.74, 6) is 1.38. The Labute approximate surface area is 180 Å². The fourth-order valence-corrected chi connectivity index (χ4v) is 3.85. The van der Waals surface area contributed by atoms with Gasteiger partial charge in [-0.3, -0.25) is 4.79 Å². The number of amides is 1. The van der Waals surface area contributed by atoms with Gasteiger partial charge in [-0.2, -0.15) is 0 Å². The average Bonchev–Trinajstić information content (AvgIpc) is 2.75. The Morgan fingerprint density at radius 1 is 1.23 bits per heavy atom. The molecule has 1 fully saturated rings. The van der Waals surface area contributed by atoms with E-state index < -0.39 is 0 Å². The molecular weight excluding hydrogens is 380 g/mol. The van der Waals surface area contributed by atoms with Crippen molar-refractivity contribution in [1.82, 2.24) is 15.5 Å². The van der Waals surface area contributed by atoms with Crippen molar-refractivity contribution >= 4 is 11.9 Å². The molecule has 0 spiro atoms. The molecule has 1 aromatic rings. The molecule has 7 heteroatoms. The zero-order valence-electron chi connectivity index (χ0n) is 18.7. The van der Waals surface area contributed by atoms with Crippen LogP contribution in [0, 0.1) is 5.41 Å². The van der Waals surface area contributed by atoms with Crippen molar-refractivity contribution in [2.24, 2.45) is 10.4 Å². The number of aliphatic hydroxyl groups excluding tert-OH is 1. The van der Waals surface area contributed by atoms with Gasteiger partial charge in [-0.05, 0) is 49.3 Å². The molecule has 0 atom stereocenters. The van der Waals surface area contributed by atoms with E-state index in [1.54, 1.807) is 14.1 Å². The molecule has 0 aromatic heterocycles. The molecule has 30 heavy (non-hydrogen) atoms. The van der Waals surface area contributed by atoms with Gasteiger partial charge in [0, 0.05) is 33.8 Å². The zero-order valence-corrected chi connectivity index (χ0v) is 18.7. The summed E-state index contributed by atoms with van der Waals surface area (Å²) < 4.78 is 5.60. The number of hydrogen-bond acceptors (Lipinski definition) is 4. The Morgan fingerprint density at radius 2 is 2.00 bits per heavy atom. The number of likely N-dealkylation sites (N-methyl/N-ethyl adjacent to an activating group) is 1. The van der Waals surface area contributed by atoms with Crippen molar-refractivity contribution in [3.63, 3.8) is 0 Å². The van der Waals surface area contributed by atoms with E-state index in [1.165, 1.54) is 24.2 Å². The number of ether oxygens (including phenoxy) is 1. The summed E-state index contributed by atoms with van der Waals surface area (Å²) in [5, 5.41) is 16.3. The third-order valence-corrected chi connectivity index (χ3v) is 5.71. The van der Waals surface area contributed by atoms with Gasteiger partial charge in [0.15, 0.2) is 12.6 Å². The number of aliphatic hydroxyl groups is 1. The lowest BCUT2D eigenvalue weighted by molar-refractivity contribution is -0.130. The molecule has 0 bridgehead atoms. The maximum Gasteiger partial charge on any atom is 0.259 e. The minimum absolute atomic E-state index is 0.0247. The highest BCUT2D eigenvalue weighted by Crippen LogP contribution is 2.38. The number of guanidine groups is 1. The lowest BCUT2D eigenvalue weighted by Gasteiger charge is -2.37. The van der Waals surface area contributed by atoms with E-state index in [2.05, 4.69) is 17.6 Å². The van der Waals surface area contributed by atoms with Crippen LogP contribution in [0.4, 0.5) is 0 Å². The van der Waals surface area contributed by atoms with E-state index in [-0.39, 0.29) is 24.5 Å². The van der Waals surface area contributed by atoms with E-state index in [4.69, 9.17) is 9.73 Å². The highest BCUT2D eigenvalue weighted by molar-refractivity contribution is 5.79. The van der Waals surface area contributed by atoms with Crippen LogP contribution in [0.2, 0.25) is 0 Å². The van der Waals surface area contributed by atoms with E-state index in [0.717, 1.165) is 43.9 Å². The lowest BCUT2D eigenvalue weighted by atomic mass is 9.72. The van der Waals surface area contributed by atoms with Crippen molar-refractivity contribution in [2.75, 3.05) is 40.4 Å². The fourth-order valence-electron chi connectivity index (χ4n) is 3.85. The standard InChI is InChI=1S/C23H38N4O3/c1-4-24-22(26-18-23(13-14-28)11-6-5-7-12-23)25-16-19-9-8-10-20(15-19)30-17-21(29)27(2)3/h8-10,15,28H,4-7,11-14,16-18H2,1-3H3,(H2,24,25,26). The zero-order chi connectivity index (χ0) is 21.8. The van der Waals surface area contributed by atoms with Crippen LogP contribution >= 0.6 is 0 Å². The van der Waals surface area contributed by atoms with Crippen molar-refractivity contribution in [2.45, 2.75) is 52.0 Å². The van der Waals surface area contributed by atoms with Gasteiger partial charge in [0.1, 0.15) is 5.75 Å². The number of nitrogens with zero attached hydrogens (tertiary/aromatic N) is 2. The van der Waals surface area contributed by atoms with Crippen LogP contribution in [0.5, 0.6) is 5.75 Å². The summed E-state index contributed by atoms with van der Waals surface area (Å²) in [7, 11) is 3.42. The van der Waals surface area contributed by atoms with E-state index >= 15 is 0 Å². The second kappa shape index (κ2) is 12.4. The number of hydrogen-bond donors (Lipinski definition) is 3. The van der Waals surface area contributed by atoms with Gasteiger partial charge in [-0.1, -0.05) is 31.4 Å².